The van der Waals surface area contributed by atoms with Crippen LogP contribution in [0.5, 0.6) is 0 Å². The molecule has 0 aromatic carbocycles. The number of carbonyl (C=O) groups is 4. The molecule has 0 aromatic heterocycles. The van der Waals surface area contributed by atoms with Crippen molar-refractivity contribution in [3.8, 4) is 0 Å². The number of ether oxygens (including phenoxy) is 4. The van der Waals surface area contributed by atoms with Crippen molar-refractivity contribution in [3.63, 3.8) is 0 Å². The lowest BCUT2D eigenvalue weighted by atomic mass is 9.99. The zero-order valence-corrected chi connectivity index (χ0v) is 56.0. The standard InChI is InChI=1S/C65H126O17P2/c1-7-10-12-14-15-16-24-31-37-43-49-64(69)81-60(53-75-62(67)47-41-33-13-11-8-2)55-79-83(71,72)77-51-59(66)52-78-84(73,74)80-56-61(54-76-63(68)48-42-36-30-27-26-29-35-40-46-58(6)9-3)82-65(70)50-44-38-32-25-22-20-18-17-19-21-23-28-34-39-45-57(4)5/h57-61,66H,7-56H2,1-6H3,(H,71,72)(H,73,74)/t58?,59-,60+,61+/m0/s1. The van der Waals surface area contributed by atoms with Crippen LogP contribution in [0.25, 0.3) is 0 Å². The topological polar surface area (TPSA) is 237 Å². The van der Waals surface area contributed by atoms with E-state index < -0.39 is 97.5 Å². The number of hydrogen-bond acceptors (Lipinski definition) is 15. The number of aliphatic hydroxyl groups excluding tert-OH is 1. The van der Waals surface area contributed by atoms with Crippen molar-refractivity contribution in [2.45, 2.75) is 342 Å². The van der Waals surface area contributed by atoms with Crippen molar-refractivity contribution in [1.29, 1.82) is 0 Å². The summed E-state index contributed by atoms with van der Waals surface area (Å²) in [5.74, 6) is -0.570. The maximum Gasteiger partial charge on any atom is 0.472 e. The molecule has 0 saturated carbocycles. The lowest BCUT2D eigenvalue weighted by molar-refractivity contribution is -0.161. The Kier molecular flexibility index (Phi) is 56.2. The van der Waals surface area contributed by atoms with E-state index in [1.54, 1.807) is 0 Å². The number of phosphoric ester groups is 2. The number of esters is 4. The summed E-state index contributed by atoms with van der Waals surface area (Å²) < 4.78 is 67.8. The average molecular weight is 1240 g/mol. The predicted molar refractivity (Wildman–Crippen MR) is 335 cm³/mol. The highest BCUT2D eigenvalue weighted by atomic mass is 31.2. The largest absolute Gasteiger partial charge is 0.472 e. The zero-order chi connectivity index (χ0) is 62.2. The molecule has 84 heavy (non-hydrogen) atoms. The molecule has 6 atom stereocenters. The molecule has 498 valence electrons. The molecule has 0 aliphatic heterocycles. The number of aliphatic hydroxyl groups is 1. The molecule has 0 bridgehead atoms. The number of carbonyl (C=O) groups excluding carboxylic acids is 4. The van der Waals surface area contributed by atoms with E-state index in [9.17, 15) is 43.2 Å². The van der Waals surface area contributed by atoms with Crippen molar-refractivity contribution in [1.82, 2.24) is 0 Å². The van der Waals surface area contributed by atoms with Gasteiger partial charge >= 0.3 is 39.5 Å². The van der Waals surface area contributed by atoms with Gasteiger partial charge in [-0.15, -0.1) is 0 Å². The first kappa shape index (κ1) is 82.1. The molecule has 3 unspecified atom stereocenters. The highest BCUT2D eigenvalue weighted by molar-refractivity contribution is 7.47. The monoisotopic (exact) mass is 1240 g/mol. The van der Waals surface area contributed by atoms with Gasteiger partial charge in [-0.2, -0.15) is 0 Å². The van der Waals surface area contributed by atoms with Gasteiger partial charge in [-0.1, -0.05) is 273 Å². The molecule has 0 rings (SSSR count). The Hall–Kier alpha value is -1.94. The molecule has 0 spiro atoms. The van der Waals surface area contributed by atoms with Gasteiger partial charge in [0.25, 0.3) is 0 Å². The van der Waals surface area contributed by atoms with Gasteiger partial charge in [0, 0.05) is 25.7 Å². The van der Waals surface area contributed by atoms with E-state index in [0.717, 1.165) is 108 Å². The molecule has 3 N–H and O–H groups in total. The second kappa shape index (κ2) is 57.5. The third kappa shape index (κ3) is 57.8. The maximum absolute atomic E-state index is 13.0. The normalized spacial score (nSPS) is 14.6. The lowest BCUT2D eigenvalue weighted by Gasteiger charge is -2.21. The third-order valence-electron chi connectivity index (χ3n) is 15.3. The molecule has 0 heterocycles. The SMILES string of the molecule is CCCCCCCCCCCCC(=O)O[C@H](COC(=O)CCCCCCC)COP(=O)(O)OC[C@H](O)COP(=O)(O)OC[C@@H](COC(=O)CCCCCCCCCCC(C)CC)OC(=O)CCCCCCCCCCCCCCCCC(C)C. The molecule has 0 aliphatic carbocycles. The molecule has 0 saturated heterocycles. The summed E-state index contributed by atoms with van der Waals surface area (Å²) in [5, 5.41) is 10.5. The fraction of sp³-hybridized carbons (Fsp3) is 0.938. The van der Waals surface area contributed by atoms with Crippen LogP contribution in [-0.2, 0) is 65.4 Å². The Balaban J connectivity index is 5.16. The van der Waals surface area contributed by atoms with Crippen molar-refractivity contribution in [2.24, 2.45) is 11.8 Å². The van der Waals surface area contributed by atoms with Gasteiger partial charge in [-0.25, -0.2) is 9.13 Å². The van der Waals surface area contributed by atoms with E-state index in [4.69, 9.17) is 37.0 Å². The fourth-order valence-corrected chi connectivity index (χ4v) is 11.3. The number of unbranched alkanes of at least 4 members (excludes halogenated alkanes) is 33. The number of hydrogen-bond donors (Lipinski definition) is 3. The van der Waals surface area contributed by atoms with Crippen molar-refractivity contribution in [2.75, 3.05) is 39.6 Å². The molecule has 0 aromatic rings. The average Bonchev–Trinajstić information content (AvgIpc) is 3.56. The Morgan fingerprint density at radius 2 is 0.607 bits per heavy atom. The van der Waals surface area contributed by atoms with Gasteiger partial charge in [0.05, 0.1) is 26.4 Å². The number of phosphoric acid groups is 2. The van der Waals surface area contributed by atoms with Crippen LogP contribution < -0.4 is 0 Å². The lowest BCUT2D eigenvalue weighted by Crippen LogP contribution is -2.30. The summed E-state index contributed by atoms with van der Waals surface area (Å²) in [5.41, 5.74) is 0. The van der Waals surface area contributed by atoms with Gasteiger partial charge in [0.15, 0.2) is 12.2 Å². The quantitative estimate of drug-likeness (QED) is 0.0222. The van der Waals surface area contributed by atoms with Gasteiger partial charge in [0.1, 0.15) is 19.3 Å². The third-order valence-corrected chi connectivity index (χ3v) is 17.2. The van der Waals surface area contributed by atoms with E-state index in [2.05, 4.69) is 41.5 Å². The molecular formula is C65H126O17P2. The summed E-state index contributed by atoms with van der Waals surface area (Å²) in [6.45, 7) is 9.43. The zero-order valence-electron chi connectivity index (χ0n) is 54.2. The fourth-order valence-electron chi connectivity index (χ4n) is 9.68. The smallest absolute Gasteiger partial charge is 0.462 e. The Labute approximate surface area is 511 Å². The summed E-state index contributed by atoms with van der Waals surface area (Å²) >= 11 is 0. The first-order valence-corrected chi connectivity index (χ1v) is 37.0. The highest BCUT2D eigenvalue weighted by Crippen LogP contribution is 2.45. The van der Waals surface area contributed by atoms with E-state index >= 15 is 0 Å². The molecule has 0 aliphatic rings. The van der Waals surface area contributed by atoms with Crippen LogP contribution in [0.15, 0.2) is 0 Å². The van der Waals surface area contributed by atoms with E-state index in [-0.39, 0.29) is 25.7 Å². The molecule has 17 nitrogen and oxygen atoms in total. The van der Waals surface area contributed by atoms with Crippen LogP contribution in [0.4, 0.5) is 0 Å². The summed E-state index contributed by atoms with van der Waals surface area (Å²) in [6, 6.07) is 0. The molecular weight excluding hydrogens is 1110 g/mol. The van der Waals surface area contributed by atoms with E-state index in [0.29, 0.717) is 25.7 Å². The second-order valence-electron chi connectivity index (χ2n) is 24.2. The summed E-state index contributed by atoms with van der Waals surface area (Å²) in [4.78, 5) is 72.0. The first-order chi connectivity index (χ1) is 40.4. The Morgan fingerprint density at radius 3 is 0.905 bits per heavy atom. The first-order valence-electron chi connectivity index (χ1n) is 34.0. The van der Waals surface area contributed by atoms with Gasteiger partial charge in [-0.05, 0) is 37.5 Å². The van der Waals surface area contributed by atoms with Crippen LogP contribution in [0, 0.1) is 11.8 Å². The second-order valence-corrected chi connectivity index (χ2v) is 27.1. The van der Waals surface area contributed by atoms with Gasteiger partial charge in [0.2, 0.25) is 0 Å². The maximum atomic E-state index is 13.0. The van der Waals surface area contributed by atoms with Gasteiger partial charge in [-0.3, -0.25) is 37.3 Å². The Bertz CT molecular complexity index is 1650. The van der Waals surface area contributed by atoms with Crippen LogP contribution in [0.2, 0.25) is 0 Å². The van der Waals surface area contributed by atoms with Crippen LogP contribution >= 0.6 is 15.6 Å². The van der Waals surface area contributed by atoms with Crippen LogP contribution in [0.1, 0.15) is 324 Å². The molecule has 0 fully saturated rings. The molecule has 0 amide bonds. The van der Waals surface area contributed by atoms with Crippen LogP contribution in [0.3, 0.4) is 0 Å². The van der Waals surface area contributed by atoms with Crippen molar-refractivity contribution in [3.05, 3.63) is 0 Å². The predicted octanol–water partition coefficient (Wildman–Crippen LogP) is 18.0. The minimum absolute atomic E-state index is 0.105. The molecule has 0 radical (unpaired) electrons. The van der Waals surface area contributed by atoms with E-state index in [1.807, 2.05) is 0 Å². The molecule has 19 heteroatoms. The minimum Gasteiger partial charge on any atom is -0.462 e. The van der Waals surface area contributed by atoms with Crippen molar-refractivity contribution >= 4 is 39.5 Å². The van der Waals surface area contributed by atoms with E-state index in [1.165, 1.54) is 135 Å². The minimum atomic E-state index is -4.95. The highest BCUT2D eigenvalue weighted by Gasteiger charge is 2.30. The van der Waals surface area contributed by atoms with Crippen LogP contribution in [-0.4, -0.2) is 96.7 Å². The summed E-state index contributed by atoms with van der Waals surface area (Å²) in [7, 11) is -9.88. The van der Waals surface area contributed by atoms with Crippen molar-refractivity contribution < 1.29 is 80.2 Å². The number of rotatable bonds is 64. The summed E-state index contributed by atoms with van der Waals surface area (Å²) in [6.07, 6.45) is 40.6. The Morgan fingerprint density at radius 1 is 0.345 bits per heavy atom. The van der Waals surface area contributed by atoms with Gasteiger partial charge < -0.3 is 33.8 Å².